The molecule has 0 aliphatic rings. The van der Waals surface area contributed by atoms with Gasteiger partial charge in [0.25, 0.3) is 5.91 Å². The number of amides is 1. The maximum atomic E-state index is 12.0. The molecule has 20 heavy (non-hydrogen) atoms. The van der Waals surface area contributed by atoms with Crippen molar-refractivity contribution in [1.82, 2.24) is 9.88 Å². The molecule has 1 aromatic rings. The maximum absolute atomic E-state index is 12.0. The fraction of sp³-hybridized carbons (Fsp3) is 0.455. The van der Waals surface area contributed by atoms with Crippen molar-refractivity contribution in [1.29, 1.82) is 0 Å². The summed E-state index contributed by atoms with van der Waals surface area (Å²) in [5.74, 6) is -2.37. The van der Waals surface area contributed by atoms with E-state index in [1.54, 1.807) is 6.92 Å². The number of primary sulfonamides is 1. The van der Waals surface area contributed by atoms with Crippen LogP contribution in [0.5, 0.6) is 0 Å². The van der Waals surface area contributed by atoms with Crippen LogP contribution in [0, 0.1) is 5.92 Å². The van der Waals surface area contributed by atoms with Crippen LogP contribution >= 0.6 is 0 Å². The minimum absolute atomic E-state index is 0.0819. The standard InChI is InChI=1S/C11H17N3O5S/c1-6(11(16)17)7(2)13-10(15)9-4-8(5-14(9)3)20(12,18)19/h4-7H,1-3H3,(H,13,15)(H,16,17)(H2,12,18,19). The molecule has 2 atom stereocenters. The third kappa shape index (κ3) is 3.58. The van der Waals surface area contributed by atoms with E-state index in [-0.39, 0.29) is 10.6 Å². The highest BCUT2D eigenvalue weighted by molar-refractivity contribution is 7.89. The molecular weight excluding hydrogens is 286 g/mol. The number of carboxylic acids is 1. The van der Waals surface area contributed by atoms with Crippen molar-refractivity contribution < 1.29 is 23.1 Å². The van der Waals surface area contributed by atoms with Crippen LogP contribution in [0.3, 0.4) is 0 Å². The van der Waals surface area contributed by atoms with E-state index in [0.717, 1.165) is 6.07 Å². The average Bonchev–Trinajstić information content (AvgIpc) is 2.69. The molecular formula is C11H17N3O5S. The number of aliphatic carboxylic acids is 1. The lowest BCUT2D eigenvalue weighted by atomic mass is 10.0. The van der Waals surface area contributed by atoms with Crippen LogP contribution in [0.1, 0.15) is 24.3 Å². The van der Waals surface area contributed by atoms with Crippen molar-refractivity contribution in [3.8, 4) is 0 Å². The van der Waals surface area contributed by atoms with Crippen LogP contribution in [0.25, 0.3) is 0 Å². The highest BCUT2D eigenvalue weighted by Crippen LogP contribution is 2.12. The number of aromatic nitrogens is 1. The van der Waals surface area contributed by atoms with E-state index in [9.17, 15) is 18.0 Å². The Morgan fingerprint density at radius 1 is 1.40 bits per heavy atom. The maximum Gasteiger partial charge on any atom is 0.308 e. The summed E-state index contributed by atoms with van der Waals surface area (Å²) in [6.07, 6.45) is 1.22. The van der Waals surface area contributed by atoms with Crippen LogP contribution in [-0.4, -0.2) is 36.0 Å². The first-order valence-corrected chi connectivity index (χ1v) is 7.31. The van der Waals surface area contributed by atoms with Gasteiger partial charge in [-0.05, 0) is 19.9 Å². The number of hydrogen-bond acceptors (Lipinski definition) is 4. The number of carbonyl (C=O) groups is 2. The van der Waals surface area contributed by atoms with E-state index < -0.39 is 33.9 Å². The number of nitrogens with two attached hydrogens (primary N) is 1. The topological polar surface area (TPSA) is 131 Å². The molecule has 0 aliphatic heterocycles. The van der Waals surface area contributed by atoms with E-state index in [4.69, 9.17) is 10.2 Å². The Labute approximate surface area is 116 Å². The zero-order chi connectivity index (χ0) is 15.7. The molecule has 4 N–H and O–H groups in total. The third-order valence-electron chi connectivity index (χ3n) is 3.04. The van der Waals surface area contributed by atoms with Gasteiger partial charge in [0.2, 0.25) is 10.0 Å². The van der Waals surface area contributed by atoms with Crippen LogP contribution in [0.2, 0.25) is 0 Å². The van der Waals surface area contributed by atoms with Crippen LogP contribution in [-0.2, 0) is 21.9 Å². The molecule has 1 aromatic heterocycles. The number of rotatable bonds is 5. The van der Waals surface area contributed by atoms with Gasteiger partial charge in [0.15, 0.2) is 0 Å². The molecule has 2 unspecified atom stereocenters. The fourth-order valence-electron chi connectivity index (χ4n) is 1.54. The molecule has 1 heterocycles. The van der Waals surface area contributed by atoms with Gasteiger partial charge in [0.05, 0.1) is 5.92 Å². The van der Waals surface area contributed by atoms with Gasteiger partial charge < -0.3 is 15.0 Å². The average molecular weight is 303 g/mol. The summed E-state index contributed by atoms with van der Waals surface area (Å²) < 4.78 is 23.7. The second kappa shape index (κ2) is 5.63. The number of nitrogens with zero attached hydrogens (tertiary/aromatic N) is 1. The fourth-order valence-corrected chi connectivity index (χ4v) is 2.12. The quantitative estimate of drug-likeness (QED) is 0.675. The second-order valence-electron chi connectivity index (χ2n) is 4.61. The molecule has 112 valence electrons. The van der Waals surface area contributed by atoms with Crippen molar-refractivity contribution in [3.05, 3.63) is 18.0 Å². The van der Waals surface area contributed by atoms with Gasteiger partial charge in [0.1, 0.15) is 10.6 Å². The molecule has 0 aromatic carbocycles. The number of carboxylic acid groups (broad SMARTS) is 1. The molecule has 0 bridgehead atoms. The minimum atomic E-state index is -3.89. The van der Waals surface area contributed by atoms with E-state index in [1.165, 1.54) is 24.7 Å². The van der Waals surface area contributed by atoms with Gasteiger partial charge in [-0.15, -0.1) is 0 Å². The summed E-state index contributed by atoms with van der Waals surface area (Å²) in [6, 6.07) is 0.538. The van der Waals surface area contributed by atoms with Gasteiger partial charge in [-0.3, -0.25) is 9.59 Å². The van der Waals surface area contributed by atoms with Crippen LogP contribution in [0.15, 0.2) is 17.2 Å². The highest BCUT2D eigenvalue weighted by atomic mass is 32.2. The van der Waals surface area contributed by atoms with E-state index in [0.29, 0.717) is 0 Å². The number of hydrogen-bond donors (Lipinski definition) is 3. The SMILES string of the molecule is CC(NC(=O)c1cc(S(N)(=O)=O)cn1C)C(C)C(=O)O. The molecule has 1 rings (SSSR count). The highest BCUT2D eigenvalue weighted by Gasteiger charge is 2.23. The molecule has 0 aliphatic carbocycles. The molecule has 1 amide bonds. The molecule has 0 spiro atoms. The van der Waals surface area contributed by atoms with Gasteiger partial charge in [-0.1, -0.05) is 0 Å². The lowest BCUT2D eigenvalue weighted by Gasteiger charge is -2.17. The smallest absolute Gasteiger partial charge is 0.308 e. The van der Waals surface area contributed by atoms with Gasteiger partial charge >= 0.3 is 5.97 Å². The normalized spacial score (nSPS) is 14.6. The number of carbonyl (C=O) groups excluding carboxylic acids is 1. The first-order valence-electron chi connectivity index (χ1n) is 5.77. The summed E-state index contributed by atoms with van der Waals surface area (Å²) in [7, 11) is -2.40. The monoisotopic (exact) mass is 303 g/mol. The lowest BCUT2D eigenvalue weighted by molar-refractivity contribution is -0.141. The summed E-state index contributed by atoms with van der Waals surface area (Å²) in [6.45, 7) is 3.02. The van der Waals surface area contributed by atoms with E-state index in [2.05, 4.69) is 5.32 Å². The molecule has 0 saturated heterocycles. The summed E-state index contributed by atoms with van der Waals surface area (Å²) in [5.41, 5.74) is 0.0819. The Morgan fingerprint density at radius 3 is 2.35 bits per heavy atom. The Morgan fingerprint density at radius 2 is 1.95 bits per heavy atom. The van der Waals surface area contributed by atoms with Crippen LogP contribution in [0.4, 0.5) is 0 Å². The lowest BCUT2D eigenvalue weighted by Crippen LogP contribution is -2.40. The van der Waals surface area contributed by atoms with Crippen molar-refractivity contribution in [2.75, 3.05) is 0 Å². The number of aryl methyl sites for hydroxylation is 1. The first kappa shape index (κ1) is 16.2. The Bertz CT molecular complexity index is 634. The number of nitrogens with one attached hydrogen (secondary N) is 1. The Kier molecular flexibility index (Phi) is 4.56. The van der Waals surface area contributed by atoms with Crippen LogP contribution < -0.4 is 10.5 Å². The van der Waals surface area contributed by atoms with Crippen molar-refractivity contribution in [2.45, 2.75) is 24.8 Å². The van der Waals surface area contributed by atoms with Gasteiger partial charge in [-0.25, -0.2) is 13.6 Å². The predicted molar refractivity (Wildman–Crippen MR) is 70.5 cm³/mol. The molecule has 0 saturated carbocycles. The summed E-state index contributed by atoms with van der Waals surface area (Å²) >= 11 is 0. The molecule has 0 fully saturated rings. The summed E-state index contributed by atoms with van der Waals surface area (Å²) in [5, 5.41) is 16.3. The first-order chi connectivity index (χ1) is 9.04. The van der Waals surface area contributed by atoms with Gasteiger partial charge in [0, 0.05) is 19.3 Å². The van der Waals surface area contributed by atoms with Crippen molar-refractivity contribution in [3.63, 3.8) is 0 Å². The van der Waals surface area contributed by atoms with Crippen molar-refractivity contribution in [2.24, 2.45) is 18.1 Å². The van der Waals surface area contributed by atoms with E-state index >= 15 is 0 Å². The van der Waals surface area contributed by atoms with Gasteiger partial charge in [-0.2, -0.15) is 0 Å². The Balaban J connectivity index is 2.94. The zero-order valence-corrected chi connectivity index (χ0v) is 12.1. The molecule has 8 nitrogen and oxygen atoms in total. The van der Waals surface area contributed by atoms with E-state index in [1.807, 2.05) is 0 Å². The van der Waals surface area contributed by atoms with Crippen molar-refractivity contribution >= 4 is 21.9 Å². The predicted octanol–water partition coefficient (Wildman–Crippen LogP) is -0.488. The third-order valence-corrected chi connectivity index (χ3v) is 3.92. The number of sulfonamides is 1. The zero-order valence-electron chi connectivity index (χ0n) is 11.3. The molecule has 9 heteroatoms. The second-order valence-corrected chi connectivity index (χ2v) is 6.17. The summed E-state index contributed by atoms with van der Waals surface area (Å²) in [4.78, 5) is 22.6. The largest absolute Gasteiger partial charge is 0.481 e. The molecule has 0 radical (unpaired) electrons. The Hall–Kier alpha value is -1.87. The minimum Gasteiger partial charge on any atom is -0.481 e.